The van der Waals surface area contributed by atoms with Gasteiger partial charge in [-0.2, -0.15) is 0 Å². The fourth-order valence-electron chi connectivity index (χ4n) is 3.43. The number of hydrogen-bond donors (Lipinski definition) is 1. The predicted octanol–water partition coefficient (Wildman–Crippen LogP) is 3.22. The van der Waals surface area contributed by atoms with E-state index in [1.807, 2.05) is 60.1 Å². The lowest BCUT2D eigenvalue weighted by Crippen LogP contribution is -2.54. The van der Waals surface area contributed by atoms with Crippen molar-refractivity contribution in [3.63, 3.8) is 0 Å². The molecule has 8 heteroatoms. The maximum absolute atomic E-state index is 13.1. The Balaban J connectivity index is 1.69. The molecule has 2 heterocycles. The smallest absolute Gasteiger partial charge is 0.335 e. The van der Waals surface area contributed by atoms with Crippen LogP contribution >= 0.6 is 0 Å². The Morgan fingerprint density at radius 1 is 0.906 bits per heavy atom. The van der Waals surface area contributed by atoms with Crippen LogP contribution in [0, 0.1) is 0 Å². The second-order valence-electron chi connectivity index (χ2n) is 7.37. The number of ether oxygens (including phenoxy) is 1. The summed E-state index contributed by atoms with van der Waals surface area (Å²) in [6.45, 7) is 0. The van der Waals surface area contributed by atoms with Gasteiger partial charge in [-0.3, -0.25) is 14.9 Å². The van der Waals surface area contributed by atoms with Crippen molar-refractivity contribution in [3.8, 4) is 11.4 Å². The van der Waals surface area contributed by atoms with E-state index in [9.17, 15) is 14.4 Å². The van der Waals surface area contributed by atoms with Gasteiger partial charge in [0.2, 0.25) is 0 Å². The van der Waals surface area contributed by atoms with E-state index in [0.29, 0.717) is 17.1 Å². The molecule has 1 aliphatic rings. The number of benzene rings is 2. The van der Waals surface area contributed by atoms with Gasteiger partial charge >= 0.3 is 6.03 Å². The topological polar surface area (TPSA) is 83.9 Å². The van der Waals surface area contributed by atoms with Gasteiger partial charge in [0.05, 0.1) is 12.8 Å². The summed E-state index contributed by atoms with van der Waals surface area (Å²) in [6, 6.07) is 17.1. The van der Waals surface area contributed by atoms with Crippen molar-refractivity contribution in [2.75, 3.05) is 31.0 Å². The van der Waals surface area contributed by atoms with E-state index in [1.165, 1.54) is 13.2 Å². The van der Waals surface area contributed by atoms with Crippen LogP contribution in [0.4, 0.5) is 16.2 Å². The molecule has 162 valence electrons. The van der Waals surface area contributed by atoms with Crippen molar-refractivity contribution >= 4 is 35.3 Å². The quantitative estimate of drug-likeness (QED) is 0.496. The highest BCUT2D eigenvalue weighted by Gasteiger charge is 2.37. The lowest BCUT2D eigenvalue weighted by molar-refractivity contribution is -0.122. The molecule has 4 rings (SSSR count). The fourth-order valence-corrected chi connectivity index (χ4v) is 3.43. The van der Waals surface area contributed by atoms with Crippen LogP contribution in [0.1, 0.15) is 5.69 Å². The number of nitrogens with one attached hydrogen (secondary N) is 1. The van der Waals surface area contributed by atoms with Crippen molar-refractivity contribution < 1.29 is 19.1 Å². The van der Waals surface area contributed by atoms with Crippen LogP contribution < -0.4 is 19.9 Å². The van der Waals surface area contributed by atoms with E-state index in [-0.39, 0.29) is 5.57 Å². The number of carbonyl (C=O) groups is 3. The number of barbiturate groups is 1. The number of hydrogen-bond acceptors (Lipinski definition) is 5. The fraction of sp³-hybridized carbons (Fsp3) is 0.125. The standard InChI is InChI=1S/C24H22N4O4/c1-26(2)16-6-8-17(9-7-16)27-14-4-5-19(27)15-21-22(29)25-24(31)28(23(21)30)18-10-12-20(32-3)13-11-18/h4-15H,1-3H3,(H,25,29,31). The molecule has 2 aromatic carbocycles. The lowest BCUT2D eigenvalue weighted by Gasteiger charge is -2.26. The minimum absolute atomic E-state index is 0.134. The first-order chi connectivity index (χ1) is 15.4. The third-order valence-electron chi connectivity index (χ3n) is 5.15. The molecular weight excluding hydrogens is 408 g/mol. The van der Waals surface area contributed by atoms with Gasteiger partial charge in [0.25, 0.3) is 11.8 Å². The highest BCUT2D eigenvalue weighted by molar-refractivity contribution is 6.39. The van der Waals surface area contributed by atoms with Crippen molar-refractivity contribution in [2.45, 2.75) is 0 Å². The lowest BCUT2D eigenvalue weighted by atomic mass is 10.1. The van der Waals surface area contributed by atoms with E-state index in [0.717, 1.165) is 16.3 Å². The van der Waals surface area contributed by atoms with Gasteiger partial charge in [0, 0.05) is 37.4 Å². The van der Waals surface area contributed by atoms with Crippen LogP contribution in [-0.2, 0) is 9.59 Å². The molecule has 1 N–H and O–H groups in total. The number of amides is 4. The molecular formula is C24H22N4O4. The van der Waals surface area contributed by atoms with Gasteiger partial charge in [0.1, 0.15) is 11.3 Å². The average molecular weight is 430 g/mol. The predicted molar refractivity (Wildman–Crippen MR) is 122 cm³/mol. The van der Waals surface area contributed by atoms with Gasteiger partial charge < -0.3 is 14.2 Å². The SMILES string of the molecule is COc1ccc(N2C(=O)NC(=O)C(=Cc3cccn3-c3ccc(N(C)C)cc3)C2=O)cc1. The molecule has 1 aromatic heterocycles. The van der Waals surface area contributed by atoms with Crippen LogP contribution in [0.5, 0.6) is 5.75 Å². The van der Waals surface area contributed by atoms with Crippen molar-refractivity contribution in [1.29, 1.82) is 0 Å². The van der Waals surface area contributed by atoms with E-state index < -0.39 is 17.8 Å². The number of methoxy groups -OCH3 is 1. The summed E-state index contributed by atoms with van der Waals surface area (Å²) in [4.78, 5) is 41.0. The molecule has 3 aromatic rings. The van der Waals surface area contributed by atoms with Gasteiger partial charge in [-0.25, -0.2) is 9.69 Å². The van der Waals surface area contributed by atoms with Crippen LogP contribution in [0.3, 0.4) is 0 Å². The maximum Gasteiger partial charge on any atom is 0.335 e. The average Bonchev–Trinajstić information content (AvgIpc) is 3.25. The normalized spacial score (nSPS) is 15.2. The zero-order valence-electron chi connectivity index (χ0n) is 17.9. The molecule has 0 spiro atoms. The summed E-state index contributed by atoms with van der Waals surface area (Å²) in [6.07, 6.45) is 3.33. The van der Waals surface area contributed by atoms with E-state index in [1.54, 1.807) is 30.3 Å². The number of carbonyl (C=O) groups excluding carboxylic acids is 3. The zero-order chi connectivity index (χ0) is 22.8. The summed E-state index contributed by atoms with van der Waals surface area (Å²) in [5.74, 6) is -0.844. The number of rotatable bonds is 5. The number of anilines is 2. The monoisotopic (exact) mass is 430 g/mol. The number of aromatic nitrogens is 1. The molecule has 1 fully saturated rings. The van der Waals surface area contributed by atoms with Crippen LogP contribution in [0.2, 0.25) is 0 Å². The second-order valence-corrected chi connectivity index (χ2v) is 7.37. The summed E-state index contributed by atoms with van der Waals surface area (Å²) in [5, 5.41) is 2.24. The Kier molecular flexibility index (Phi) is 5.51. The Bertz CT molecular complexity index is 1210. The van der Waals surface area contributed by atoms with Crippen LogP contribution in [0.25, 0.3) is 11.8 Å². The van der Waals surface area contributed by atoms with Gasteiger partial charge in [0.15, 0.2) is 0 Å². The van der Waals surface area contributed by atoms with Crippen molar-refractivity contribution in [3.05, 3.63) is 78.1 Å². The molecule has 0 saturated carbocycles. The van der Waals surface area contributed by atoms with E-state index >= 15 is 0 Å². The third-order valence-corrected chi connectivity index (χ3v) is 5.15. The first kappa shape index (κ1) is 20.9. The molecule has 0 aliphatic carbocycles. The van der Waals surface area contributed by atoms with Gasteiger partial charge in [-0.1, -0.05) is 0 Å². The molecule has 32 heavy (non-hydrogen) atoms. The van der Waals surface area contributed by atoms with E-state index in [2.05, 4.69) is 5.32 Å². The summed E-state index contributed by atoms with van der Waals surface area (Å²) < 4.78 is 6.98. The Labute approximate surface area is 185 Å². The van der Waals surface area contributed by atoms with Crippen molar-refractivity contribution in [2.24, 2.45) is 0 Å². The molecule has 0 radical (unpaired) electrons. The molecule has 1 aliphatic heterocycles. The third kappa shape index (κ3) is 3.85. The maximum atomic E-state index is 13.1. The molecule has 0 atom stereocenters. The van der Waals surface area contributed by atoms with E-state index in [4.69, 9.17) is 4.74 Å². The zero-order valence-corrected chi connectivity index (χ0v) is 17.9. The van der Waals surface area contributed by atoms with Crippen LogP contribution in [0.15, 0.2) is 72.4 Å². The number of urea groups is 1. The highest BCUT2D eigenvalue weighted by Crippen LogP contribution is 2.25. The summed E-state index contributed by atoms with van der Waals surface area (Å²) in [5.41, 5.74) is 2.76. The Hall–Kier alpha value is -4.33. The number of nitrogens with zero attached hydrogens (tertiary/aromatic N) is 3. The summed E-state index contributed by atoms with van der Waals surface area (Å²) in [7, 11) is 5.45. The van der Waals surface area contributed by atoms with Gasteiger partial charge in [-0.05, 0) is 66.7 Å². The molecule has 8 nitrogen and oxygen atoms in total. The molecule has 0 unspecified atom stereocenters. The Morgan fingerprint density at radius 2 is 1.56 bits per heavy atom. The first-order valence-corrected chi connectivity index (χ1v) is 9.89. The van der Waals surface area contributed by atoms with Gasteiger partial charge in [-0.15, -0.1) is 0 Å². The minimum Gasteiger partial charge on any atom is -0.497 e. The van der Waals surface area contributed by atoms with Crippen molar-refractivity contribution in [1.82, 2.24) is 9.88 Å². The molecule has 1 saturated heterocycles. The molecule has 0 bridgehead atoms. The summed E-state index contributed by atoms with van der Waals surface area (Å²) >= 11 is 0. The molecule has 4 amide bonds. The number of imide groups is 2. The second kappa shape index (κ2) is 8.43. The highest BCUT2D eigenvalue weighted by atomic mass is 16.5. The Morgan fingerprint density at radius 3 is 2.19 bits per heavy atom. The minimum atomic E-state index is -0.794. The first-order valence-electron chi connectivity index (χ1n) is 9.89. The van der Waals surface area contributed by atoms with Crippen LogP contribution in [-0.4, -0.2) is 43.6 Å². The largest absolute Gasteiger partial charge is 0.497 e.